The summed E-state index contributed by atoms with van der Waals surface area (Å²) >= 11 is 0. The second-order valence-electron chi connectivity index (χ2n) is 5.96. The fourth-order valence-electron chi connectivity index (χ4n) is 2.03. The van der Waals surface area contributed by atoms with Crippen molar-refractivity contribution in [3.8, 4) is 0 Å². The molecule has 1 rings (SSSR count). The third kappa shape index (κ3) is 5.27. The highest BCUT2D eigenvalue weighted by molar-refractivity contribution is 5.73. The summed E-state index contributed by atoms with van der Waals surface area (Å²) in [5.74, 6) is -0.0478. The van der Waals surface area contributed by atoms with E-state index in [1.54, 1.807) is 18.5 Å². The molecule has 0 spiro atoms. The van der Waals surface area contributed by atoms with Crippen molar-refractivity contribution in [1.82, 2.24) is 20.2 Å². The lowest BCUT2D eigenvalue weighted by Crippen LogP contribution is -2.30. The van der Waals surface area contributed by atoms with Crippen LogP contribution in [-0.4, -0.2) is 31.3 Å². The van der Waals surface area contributed by atoms with Crippen LogP contribution in [0.5, 0.6) is 0 Å². The Balaban J connectivity index is 2.41. The predicted molar refractivity (Wildman–Crippen MR) is 76.3 cm³/mol. The lowest BCUT2D eigenvalue weighted by molar-refractivity contribution is -0.147. The maximum atomic E-state index is 11.1. The van der Waals surface area contributed by atoms with Gasteiger partial charge in [-0.05, 0) is 30.7 Å². The fraction of sp³-hybridized carbons (Fsp3) is 0.857. The smallest absolute Gasteiger partial charge is 0.310 e. The largest absolute Gasteiger partial charge is 0.481 e. The van der Waals surface area contributed by atoms with E-state index in [1.807, 2.05) is 0 Å². The Hall–Kier alpha value is -1.46. The minimum absolute atomic E-state index is 0.306. The molecule has 1 aromatic heterocycles. The van der Waals surface area contributed by atoms with Gasteiger partial charge in [-0.3, -0.25) is 4.79 Å². The molecule has 0 aliphatic rings. The molecule has 0 radical (unpaired) electrons. The summed E-state index contributed by atoms with van der Waals surface area (Å²) in [5.41, 5.74) is -0.856. The number of aryl methyl sites for hydroxylation is 1. The van der Waals surface area contributed by atoms with Crippen molar-refractivity contribution in [3.05, 3.63) is 5.82 Å². The minimum atomic E-state index is -0.856. The highest BCUT2D eigenvalue weighted by atomic mass is 16.4. The van der Waals surface area contributed by atoms with Crippen molar-refractivity contribution in [2.24, 2.45) is 5.41 Å². The molecule has 0 saturated heterocycles. The summed E-state index contributed by atoms with van der Waals surface area (Å²) in [4.78, 5) is 11.1. The SMILES string of the molecule is CCCCCCCCc1nnnn1CC(C)(C)C(=O)O. The summed E-state index contributed by atoms with van der Waals surface area (Å²) in [6.45, 7) is 5.88. The van der Waals surface area contributed by atoms with Crippen molar-refractivity contribution in [1.29, 1.82) is 0 Å². The van der Waals surface area contributed by atoms with Crippen LogP contribution < -0.4 is 0 Å². The molecule has 0 fully saturated rings. The maximum Gasteiger partial charge on any atom is 0.310 e. The lowest BCUT2D eigenvalue weighted by atomic mass is 9.94. The van der Waals surface area contributed by atoms with Gasteiger partial charge in [0, 0.05) is 6.42 Å². The van der Waals surface area contributed by atoms with Crippen LogP contribution in [-0.2, 0) is 17.8 Å². The van der Waals surface area contributed by atoms with Gasteiger partial charge in [0.05, 0.1) is 12.0 Å². The summed E-state index contributed by atoms with van der Waals surface area (Å²) in [6.07, 6.45) is 8.12. The van der Waals surface area contributed by atoms with E-state index in [2.05, 4.69) is 22.4 Å². The van der Waals surface area contributed by atoms with E-state index in [-0.39, 0.29) is 0 Å². The quantitative estimate of drug-likeness (QED) is 0.667. The number of carboxylic acids is 1. The molecule has 0 aliphatic carbocycles. The zero-order valence-electron chi connectivity index (χ0n) is 12.8. The molecule has 1 aromatic rings. The molecule has 20 heavy (non-hydrogen) atoms. The van der Waals surface area contributed by atoms with Crippen molar-refractivity contribution < 1.29 is 9.90 Å². The Morgan fingerprint density at radius 1 is 1.20 bits per heavy atom. The Kier molecular flexibility index (Phi) is 6.61. The first-order chi connectivity index (χ1) is 9.47. The van der Waals surface area contributed by atoms with Crippen LogP contribution in [0.15, 0.2) is 0 Å². The third-order valence-electron chi connectivity index (χ3n) is 3.48. The van der Waals surface area contributed by atoms with Gasteiger partial charge in [-0.25, -0.2) is 4.68 Å². The summed E-state index contributed by atoms with van der Waals surface area (Å²) in [7, 11) is 0. The molecular weight excluding hydrogens is 256 g/mol. The normalized spacial score (nSPS) is 11.8. The van der Waals surface area contributed by atoms with E-state index < -0.39 is 11.4 Å². The van der Waals surface area contributed by atoms with Gasteiger partial charge in [-0.1, -0.05) is 39.0 Å². The molecule has 0 atom stereocenters. The third-order valence-corrected chi connectivity index (χ3v) is 3.48. The summed E-state index contributed by atoms with van der Waals surface area (Å²) < 4.78 is 1.63. The molecule has 0 aliphatic heterocycles. The van der Waals surface area contributed by atoms with Crippen LogP contribution in [0.1, 0.15) is 65.1 Å². The second-order valence-corrected chi connectivity index (χ2v) is 5.96. The van der Waals surface area contributed by atoms with Crippen LogP contribution in [0.25, 0.3) is 0 Å². The number of carboxylic acid groups (broad SMARTS) is 1. The van der Waals surface area contributed by atoms with Gasteiger partial charge in [-0.15, -0.1) is 5.10 Å². The van der Waals surface area contributed by atoms with Gasteiger partial charge >= 0.3 is 5.97 Å². The topological polar surface area (TPSA) is 80.9 Å². The van der Waals surface area contributed by atoms with Gasteiger partial charge in [0.2, 0.25) is 0 Å². The number of unbranched alkanes of at least 4 members (excludes halogenated alkanes) is 5. The van der Waals surface area contributed by atoms with Crippen LogP contribution in [0, 0.1) is 5.41 Å². The van der Waals surface area contributed by atoms with Gasteiger partial charge in [0.25, 0.3) is 0 Å². The Morgan fingerprint density at radius 3 is 2.50 bits per heavy atom. The number of aliphatic carboxylic acids is 1. The molecule has 114 valence electrons. The molecular formula is C14H26N4O2. The molecule has 1 heterocycles. The van der Waals surface area contributed by atoms with E-state index in [9.17, 15) is 4.79 Å². The molecule has 0 amide bonds. The van der Waals surface area contributed by atoms with Gasteiger partial charge < -0.3 is 5.11 Å². The summed E-state index contributed by atoms with van der Waals surface area (Å²) in [6, 6.07) is 0. The molecule has 0 bridgehead atoms. The monoisotopic (exact) mass is 282 g/mol. The number of hydrogen-bond donors (Lipinski definition) is 1. The number of aromatic nitrogens is 4. The van der Waals surface area contributed by atoms with E-state index in [0.29, 0.717) is 6.54 Å². The lowest BCUT2D eigenvalue weighted by Gasteiger charge is -2.19. The van der Waals surface area contributed by atoms with E-state index in [0.717, 1.165) is 18.7 Å². The number of tetrazole rings is 1. The first-order valence-corrected chi connectivity index (χ1v) is 7.46. The molecule has 0 saturated carbocycles. The standard InChI is InChI=1S/C14H26N4O2/c1-4-5-6-7-8-9-10-12-15-16-17-18(12)11-14(2,3)13(19)20/h4-11H2,1-3H3,(H,19,20). The Bertz CT molecular complexity index is 415. The number of hydrogen-bond acceptors (Lipinski definition) is 4. The van der Waals surface area contributed by atoms with Gasteiger partial charge in [0.15, 0.2) is 5.82 Å². The molecule has 0 unspecified atom stereocenters. The Morgan fingerprint density at radius 2 is 1.85 bits per heavy atom. The Labute approximate surface area is 120 Å². The average molecular weight is 282 g/mol. The number of rotatable bonds is 10. The predicted octanol–water partition coefficient (Wildman–Crippen LogP) is 2.69. The first-order valence-electron chi connectivity index (χ1n) is 7.46. The average Bonchev–Trinajstić information content (AvgIpc) is 2.80. The maximum absolute atomic E-state index is 11.1. The van der Waals surface area contributed by atoms with E-state index >= 15 is 0 Å². The first kappa shape index (κ1) is 16.6. The van der Waals surface area contributed by atoms with Crippen molar-refractivity contribution in [2.45, 2.75) is 72.3 Å². The zero-order chi connectivity index (χ0) is 15.0. The molecule has 1 N–H and O–H groups in total. The van der Waals surface area contributed by atoms with Crippen LogP contribution >= 0.6 is 0 Å². The van der Waals surface area contributed by atoms with E-state index in [4.69, 9.17) is 5.11 Å². The van der Waals surface area contributed by atoms with Gasteiger partial charge in [0.1, 0.15) is 0 Å². The van der Waals surface area contributed by atoms with Crippen molar-refractivity contribution in [3.63, 3.8) is 0 Å². The van der Waals surface area contributed by atoms with Gasteiger partial charge in [-0.2, -0.15) is 0 Å². The van der Waals surface area contributed by atoms with Crippen molar-refractivity contribution in [2.75, 3.05) is 0 Å². The minimum Gasteiger partial charge on any atom is -0.481 e. The molecule has 0 aromatic carbocycles. The highest BCUT2D eigenvalue weighted by Crippen LogP contribution is 2.18. The van der Waals surface area contributed by atoms with Crippen molar-refractivity contribution >= 4 is 5.97 Å². The van der Waals surface area contributed by atoms with E-state index in [1.165, 1.54) is 32.1 Å². The highest BCUT2D eigenvalue weighted by Gasteiger charge is 2.29. The number of carbonyl (C=O) groups is 1. The fourth-order valence-corrected chi connectivity index (χ4v) is 2.03. The molecule has 6 nitrogen and oxygen atoms in total. The van der Waals surface area contributed by atoms with Crippen LogP contribution in [0.2, 0.25) is 0 Å². The summed E-state index contributed by atoms with van der Waals surface area (Å²) in [5, 5.41) is 20.7. The number of nitrogens with zero attached hydrogens (tertiary/aromatic N) is 4. The zero-order valence-corrected chi connectivity index (χ0v) is 12.8. The molecule has 6 heteroatoms. The second kappa shape index (κ2) is 7.97. The van der Waals surface area contributed by atoms with Crippen LogP contribution in [0.3, 0.4) is 0 Å². The van der Waals surface area contributed by atoms with Crippen LogP contribution in [0.4, 0.5) is 0 Å².